The standard InChI is InChI=1S/C20H25N3O4S/c1-2-16-5-7-17(8-6-16)22-28(24,25)18-4-3-11-21-19(18)23-12-9-20(10-13-23)26-14-15-27-20/h3-8,11,22H,2,9-10,12-15H2,1H3. The van der Waals surface area contributed by atoms with Crippen molar-refractivity contribution in [3.8, 4) is 0 Å². The fraction of sp³-hybridized carbons (Fsp3) is 0.450. The van der Waals surface area contributed by atoms with Crippen LogP contribution in [0, 0.1) is 0 Å². The van der Waals surface area contributed by atoms with E-state index in [2.05, 4.69) is 16.6 Å². The number of pyridine rings is 1. The van der Waals surface area contributed by atoms with Gasteiger partial charge in [0.15, 0.2) is 5.79 Å². The number of nitrogens with one attached hydrogen (secondary N) is 1. The van der Waals surface area contributed by atoms with Crippen LogP contribution in [0.4, 0.5) is 11.5 Å². The lowest BCUT2D eigenvalue weighted by Gasteiger charge is -2.38. The topological polar surface area (TPSA) is 80.8 Å². The Balaban J connectivity index is 1.55. The zero-order valence-corrected chi connectivity index (χ0v) is 16.7. The summed E-state index contributed by atoms with van der Waals surface area (Å²) in [7, 11) is -3.76. The van der Waals surface area contributed by atoms with Gasteiger partial charge in [0.05, 0.1) is 13.2 Å². The molecule has 0 unspecified atom stereocenters. The quantitative estimate of drug-likeness (QED) is 0.827. The Morgan fingerprint density at radius 1 is 1.11 bits per heavy atom. The number of hydrogen-bond donors (Lipinski definition) is 1. The number of ether oxygens (including phenoxy) is 2. The van der Waals surface area contributed by atoms with Crippen molar-refractivity contribution in [3.05, 3.63) is 48.2 Å². The molecule has 2 aliphatic heterocycles. The molecule has 0 bridgehead atoms. The predicted molar refractivity (Wildman–Crippen MR) is 107 cm³/mol. The van der Waals surface area contributed by atoms with Crippen LogP contribution < -0.4 is 9.62 Å². The van der Waals surface area contributed by atoms with Gasteiger partial charge in [-0.05, 0) is 36.2 Å². The van der Waals surface area contributed by atoms with Gasteiger partial charge in [-0.1, -0.05) is 19.1 Å². The van der Waals surface area contributed by atoms with Crippen LogP contribution in [-0.2, 0) is 25.9 Å². The molecular formula is C20H25N3O4S. The van der Waals surface area contributed by atoms with Gasteiger partial charge in [0.25, 0.3) is 10.0 Å². The van der Waals surface area contributed by atoms with E-state index in [1.165, 1.54) is 0 Å². The highest BCUT2D eigenvalue weighted by Gasteiger charge is 2.40. The smallest absolute Gasteiger partial charge is 0.265 e. The first-order chi connectivity index (χ1) is 13.5. The molecule has 1 aromatic carbocycles. The average molecular weight is 404 g/mol. The maximum Gasteiger partial charge on any atom is 0.265 e. The van der Waals surface area contributed by atoms with Gasteiger partial charge in [-0.25, -0.2) is 13.4 Å². The largest absolute Gasteiger partial charge is 0.355 e. The van der Waals surface area contributed by atoms with Crippen LogP contribution in [0.2, 0.25) is 0 Å². The van der Waals surface area contributed by atoms with E-state index in [9.17, 15) is 8.42 Å². The summed E-state index contributed by atoms with van der Waals surface area (Å²) >= 11 is 0. The molecule has 2 aromatic rings. The SMILES string of the molecule is CCc1ccc(NS(=O)(=O)c2cccnc2N2CCC3(CC2)OCCO3)cc1. The summed E-state index contributed by atoms with van der Waals surface area (Å²) in [5.74, 6) is -0.0446. The third-order valence-corrected chi connectivity index (χ3v) is 6.70. The van der Waals surface area contributed by atoms with Crippen molar-refractivity contribution in [1.29, 1.82) is 0 Å². The van der Waals surface area contributed by atoms with Crippen molar-refractivity contribution < 1.29 is 17.9 Å². The fourth-order valence-corrected chi connectivity index (χ4v) is 4.93. The van der Waals surface area contributed by atoms with Crippen molar-refractivity contribution in [2.75, 3.05) is 35.9 Å². The van der Waals surface area contributed by atoms with Crippen LogP contribution >= 0.6 is 0 Å². The van der Waals surface area contributed by atoms with Gasteiger partial charge < -0.3 is 14.4 Å². The van der Waals surface area contributed by atoms with E-state index in [0.29, 0.717) is 50.7 Å². The summed E-state index contributed by atoms with van der Waals surface area (Å²) in [6.07, 6.45) is 3.91. The molecule has 1 N–H and O–H groups in total. The Morgan fingerprint density at radius 3 is 2.43 bits per heavy atom. The number of anilines is 2. The highest BCUT2D eigenvalue weighted by atomic mass is 32.2. The average Bonchev–Trinajstić information content (AvgIpc) is 3.17. The summed E-state index contributed by atoms with van der Waals surface area (Å²) in [4.78, 5) is 6.55. The minimum absolute atomic E-state index is 0.179. The number of hydrogen-bond acceptors (Lipinski definition) is 6. The molecule has 1 spiro atoms. The van der Waals surface area contributed by atoms with E-state index < -0.39 is 15.8 Å². The minimum Gasteiger partial charge on any atom is -0.355 e. The first-order valence-electron chi connectivity index (χ1n) is 9.61. The third kappa shape index (κ3) is 3.85. The third-order valence-electron chi connectivity index (χ3n) is 5.29. The molecule has 0 radical (unpaired) electrons. The van der Waals surface area contributed by atoms with E-state index in [1.807, 2.05) is 17.0 Å². The molecule has 0 aliphatic carbocycles. The van der Waals surface area contributed by atoms with Crippen LogP contribution in [-0.4, -0.2) is 45.5 Å². The number of piperidine rings is 1. The summed E-state index contributed by atoms with van der Waals surface area (Å²) in [5, 5.41) is 0. The zero-order chi connectivity index (χ0) is 19.6. The highest BCUT2D eigenvalue weighted by Crippen LogP contribution is 2.34. The molecule has 2 aliphatic rings. The normalized spacial score (nSPS) is 19.1. The molecule has 2 saturated heterocycles. The maximum absolute atomic E-state index is 13.0. The van der Waals surface area contributed by atoms with E-state index >= 15 is 0 Å². The molecule has 4 rings (SSSR count). The van der Waals surface area contributed by atoms with Crippen molar-refractivity contribution in [3.63, 3.8) is 0 Å². The number of benzene rings is 1. The Kier molecular flexibility index (Phi) is 5.27. The number of nitrogens with zero attached hydrogens (tertiary/aromatic N) is 2. The second kappa shape index (κ2) is 7.69. The fourth-order valence-electron chi connectivity index (χ4n) is 3.69. The lowest BCUT2D eigenvalue weighted by Crippen LogP contribution is -2.45. The van der Waals surface area contributed by atoms with Gasteiger partial charge in [0.1, 0.15) is 10.7 Å². The van der Waals surface area contributed by atoms with Crippen molar-refractivity contribution >= 4 is 21.5 Å². The van der Waals surface area contributed by atoms with E-state index in [4.69, 9.17) is 9.47 Å². The predicted octanol–water partition coefficient (Wildman–Crippen LogP) is 2.79. The monoisotopic (exact) mass is 403 g/mol. The second-order valence-electron chi connectivity index (χ2n) is 7.08. The molecule has 28 heavy (non-hydrogen) atoms. The lowest BCUT2D eigenvalue weighted by molar-refractivity contribution is -0.169. The van der Waals surface area contributed by atoms with Crippen LogP contribution in [0.15, 0.2) is 47.5 Å². The van der Waals surface area contributed by atoms with E-state index in [-0.39, 0.29) is 4.90 Å². The minimum atomic E-state index is -3.76. The van der Waals surface area contributed by atoms with Gasteiger partial charge in [0.2, 0.25) is 0 Å². The van der Waals surface area contributed by atoms with Crippen molar-refractivity contribution in [2.45, 2.75) is 36.9 Å². The van der Waals surface area contributed by atoms with Crippen LogP contribution in [0.5, 0.6) is 0 Å². The molecule has 0 atom stereocenters. The maximum atomic E-state index is 13.0. The van der Waals surface area contributed by atoms with Crippen LogP contribution in [0.25, 0.3) is 0 Å². The van der Waals surface area contributed by atoms with Crippen molar-refractivity contribution in [2.24, 2.45) is 0 Å². The molecule has 3 heterocycles. The van der Waals surface area contributed by atoms with Gasteiger partial charge in [0, 0.05) is 37.8 Å². The summed E-state index contributed by atoms with van der Waals surface area (Å²) in [5.41, 5.74) is 1.70. The molecule has 0 amide bonds. The Hall–Kier alpha value is -2.16. The summed E-state index contributed by atoms with van der Waals surface area (Å²) in [6, 6.07) is 10.7. The van der Waals surface area contributed by atoms with Gasteiger partial charge >= 0.3 is 0 Å². The van der Waals surface area contributed by atoms with Gasteiger partial charge in [-0.15, -0.1) is 0 Å². The number of rotatable bonds is 5. The lowest BCUT2D eigenvalue weighted by atomic mass is 10.0. The zero-order valence-electron chi connectivity index (χ0n) is 15.9. The van der Waals surface area contributed by atoms with E-state index in [0.717, 1.165) is 12.0 Å². The van der Waals surface area contributed by atoms with Crippen molar-refractivity contribution in [1.82, 2.24) is 4.98 Å². The molecule has 8 heteroatoms. The summed E-state index contributed by atoms with van der Waals surface area (Å²) in [6.45, 7) is 4.55. The number of sulfonamides is 1. The first kappa shape index (κ1) is 19.2. The van der Waals surface area contributed by atoms with Crippen LogP contribution in [0.1, 0.15) is 25.3 Å². The van der Waals surface area contributed by atoms with E-state index in [1.54, 1.807) is 30.5 Å². The number of aromatic nitrogens is 1. The number of aryl methyl sites for hydroxylation is 1. The van der Waals surface area contributed by atoms with Gasteiger partial charge in [-0.2, -0.15) is 0 Å². The highest BCUT2D eigenvalue weighted by molar-refractivity contribution is 7.92. The Bertz CT molecular complexity index is 915. The molecular weight excluding hydrogens is 378 g/mol. The Labute approximate surface area is 165 Å². The second-order valence-corrected chi connectivity index (χ2v) is 8.73. The van der Waals surface area contributed by atoms with Gasteiger partial charge in [-0.3, -0.25) is 4.72 Å². The van der Waals surface area contributed by atoms with Crippen LogP contribution in [0.3, 0.4) is 0 Å². The summed E-state index contributed by atoms with van der Waals surface area (Å²) < 4.78 is 40.3. The molecule has 7 nitrogen and oxygen atoms in total. The molecule has 0 saturated carbocycles. The molecule has 150 valence electrons. The first-order valence-corrected chi connectivity index (χ1v) is 11.1. The molecule has 2 fully saturated rings. The Morgan fingerprint density at radius 2 is 1.79 bits per heavy atom. The molecule has 1 aromatic heterocycles.